The Morgan fingerprint density at radius 1 is 1.11 bits per heavy atom. The second-order valence-corrected chi connectivity index (χ2v) is 5.12. The van der Waals surface area contributed by atoms with Gasteiger partial charge < -0.3 is 11.1 Å². The van der Waals surface area contributed by atoms with Crippen molar-refractivity contribution >= 4 is 40.3 Å². The van der Waals surface area contributed by atoms with Gasteiger partial charge in [-0.3, -0.25) is 0 Å². The van der Waals surface area contributed by atoms with Gasteiger partial charge in [0, 0.05) is 21.8 Å². The van der Waals surface area contributed by atoms with Crippen molar-refractivity contribution in [2.75, 3.05) is 11.6 Å². The van der Waals surface area contributed by atoms with Gasteiger partial charge in [-0.2, -0.15) is 0 Å². The van der Waals surface area contributed by atoms with Crippen LogP contribution in [0.1, 0.15) is 5.56 Å². The third-order valence-corrected chi connectivity index (χ3v) is 3.49. The van der Waals surface area contributed by atoms with Crippen LogP contribution in [0.4, 0.5) is 11.4 Å². The molecular weight excluding hydrogens is 260 g/mol. The molecule has 0 atom stereocenters. The minimum Gasteiger partial charge on any atom is -0.389 e. The van der Waals surface area contributed by atoms with Gasteiger partial charge in [-0.25, -0.2) is 0 Å². The lowest BCUT2D eigenvalue weighted by atomic mass is 10.2. The Morgan fingerprint density at radius 2 is 1.83 bits per heavy atom. The predicted molar refractivity (Wildman–Crippen MR) is 83.8 cm³/mol. The quantitative estimate of drug-likeness (QED) is 0.657. The molecule has 0 radical (unpaired) electrons. The van der Waals surface area contributed by atoms with Gasteiger partial charge in [-0.15, -0.1) is 11.8 Å². The van der Waals surface area contributed by atoms with E-state index in [1.165, 1.54) is 4.90 Å². The molecule has 0 aliphatic rings. The molecule has 2 aromatic rings. The maximum atomic E-state index is 5.56. The predicted octanol–water partition coefficient (Wildman–Crippen LogP) is 3.79. The van der Waals surface area contributed by atoms with E-state index in [0.29, 0.717) is 4.99 Å². The smallest absolute Gasteiger partial charge is 0.103 e. The third kappa shape index (κ3) is 3.24. The van der Waals surface area contributed by atoms with Crippen LogP contribution in [-0.2, 0) is 0 Å². The number of thiocarbonyl (C=S) groups is 1. The first-order valence-corrected chi connectivity index (χ1v) is 7.13. The van der Waals surface area contributed by atoms with Crippen molar-refractivity contribution in [1.82, 2.24) is 0 Å². The van der Waals surface area contributed by atoms with Crippen LogP contribution in [0.3, 0.4) is 0 Å². The summed E-state index contributed by atoms with van der Waals surface area (Å²) in [6.07, 6.45) is 2.07. The van der Waals surface area contributed by atoms with E-state index in [1.54, 1.807) is 11.8 Å². The number of hydrogen-bond acceptors (Lipinski definition) is 3. The molecule has 0 aliphatic heterocycles. The van der Waals surface area contributed by atoms with Crippen LogP contribution in [0.15, 0.2) is 53.4 Å². The van der Waals surface area contributed by atoms with Gasteiger partial charge in [-0.1, -0.05) is 18.3 Å². The van der Waals surface area contributed by atoms with Crippen LogP contribution in [-0.4, -0.2) is 11.2 Å². The first kappa shape index (κ1) is 12.9. The maximum Gasteiger partial charge on any atom is 0.103 e. The lowest BCUT2D eigenvalue weighted by Gasteiger charge is -2.08. The number of anilines is 2. The van der Waals surface area contributed by atoms with Crippen LogP contribution in [0, 0.1) is 0 Å². The Bertz CT molecular complexity index is 550. The molecule has 92 valence electrons. The number of rotatable bonds is 4. The molecule has 0 fully saturated rings. The van der Waals surface area contributed by atoms with Crippen molar-refractivity contribution in [1.29, 1.82) is 0 Å². The molecule has 0 aromatic heterocycles. The summed E-state index contributed by atoms with van der Waals surface area (Å²) in [5, 5.41) is 3.35. The van der Waals surface area contributed by atoms with Crippen LogP contribution in [0.5, 0.6) is 0 Å². The van der Waals surface area contributed by atoms with Gasteiger partial charge in [0.05, 0.1) is 0 Å². The fourth-order valence-corrected chi connectivity index (χ4v) is 2.18. The monoisotopic (exact) mass is 274 g/mol. The average Bonchev–Trinajstić information content (AvgIpc) is 2.39. The summed E-state index contributed by atoms with van der Waals surface area (Å²) in [4.78, 5) is 1.66. The third-order valence-electron chi connectivity index (χ3n) is 2.53. The van der Waals surface area contributed by atoms with E-state index in [0.717, 1.165) is 16.9 Å². The molecule has 0 unspecified atom stereocenters. The molecule has 2 aromatic carbocycles. The fourth-order valence-electron chi connectivity index (χ4n) is 1.59. The van der Waals surface area contributed by atoms with Crippen molar-refractivity contribution in [3.8, 4) is 0 Å². The lowest BCUT2D eigenvalue weighted by Crippen LogP contribution is -2.08. The van der Waals surface area contributed by atoms with Crippen molar-refractivity contribution in [3.63, 3.8) is 0 Å². The highest BCUT2D eigenvalue weighted by atomic mass is 32.2. The minimum atomic E-state index is 0.422. The van der Waals surface area contributed by atoms with Crippen LogP contribution < -0.4 is 11.1 Å². The SMILES string of the molecule is CSc1cccc(Nc2ccc(C(N)=S)cc2)c1. The Balaban J connectivity index is 2.15. The molecule has 0 bridgehead atoms. The van der Waals surface area contributed by atoms with Crippen LogP contribution in [0.25, 0.3) is 0 Å². The Labute approximate surface area is 117 Å². The molecule has 0 saturated carbocycles. The number of benzene rings is 2. The minimum absolute atomic E-state index is 0.422. The van der Waals surface area contributed by atoms with Gasteiger partial charge in [0.25, 0.3) is 0 Å². The van der Waals surface area contributed by atoms with Gasteiger partial charge in [-0.05, 0) is 48.7 Å². The second-order valence-electron chi connectivity index (χ2n) is 3.80. The van der Waals surface area contributed by atoms with Crippen molar-refractivity contribution in [2.45, 2.75) is 4.90 Å². The van der Waals surface area contributed by atoms with Crippen LogP contribution >= 0.6 is 24.0 Å². The summed E-state index contributed by atoms with van der Waals surface area (Å²) in [7, 11) is 0. The summed E-state index contributed by atoms with van der Waals surface area (Å²) < 4.78 is 0. The molecule has 2 rings (SSSR count). The highest BCUT2D eigenvalue weighted by molar-refractivity contribution is 7.98. The summed E-state index contributed by atoms with van der Waals surface area (Å²) in [6, 6.07) is 16.1. The first-order valence-electron chi connectivity index (χ1n) is 5.50. The van der Waals surface area contributed by atoms with E-state index in [9.17, 15) is 0 Å². The van der Waals surface area contributed by atoms with Gasteiger partial charge in [0.15, 0.2) is 0 Å². The highest BCUT2D eigenvalue weighted by Gasteiger charge is 1.98. The molecule has 18 heavy (non-hydrogen) atoms. The zero-order valence-corrected chi connectivity index (χ0v) is 11.6. The number of hydrogen-bond donors (Lipinski definition) is 2. The topological polar surface area (TPSA) is 38.0 Å². The molecule has 0 amide bonds. The maximum absolute atomic E-state index is 5.56. The van der Waals surface area contributed by atoms with E-state index in [2.05, 4.69) is 23.7 Å². The molecule has 0 saturated heterocycles. The number of nitrogens with one attached hydrogen (secondary N) is 1. The first-order chi connectivity index (χ1) is 8.69. The Kier molecular flexibility index (Phi) is 4.23. The molecule has 2 nitrogen and oxygen atoms in total. The van der Waals surface area contributed by atoms with Crippen LogP contribution in [0.2, 0.25) is 0 Å². The van der Waals surface area contributed by atoms with E-state index in [-0.39, 0.29) is 0 Å². The zero-order valence-electron chi connectivity index (χ0n) is 10.0. The van der Waals surface area contributed by atoms with Gasteiger partial charge in [0.1, 0.15) is 4.99 Å². The van der Waals surface area contributed by atoms with E-state index >= 15 is 0 Å². The number of thioether (sulfide) groups is 1. The molecule has 0 aliphatic carbocycles. The molecular formula is C14H14N2S2. The molecule has 0 spiro atoms. The average molecular weight is 274 g/mol. The molecule has 3 N–H and O–H groups in total. The molecule has 0 heterocycles. The highest BCUT2D eigenvalue weighted by Crippen LogP contribution is 2.22. The molecule has 4 heteroatoms. The Hall–Kier alpha value is -1.52. The standard InChI is InChI=1S/C14H14N2S2/c1-18-13-4-2-3-12(9-13)16-11-7-5-10(6-8-11)14(15)17/h2-9,16H,1H3,(H2,15,17). The fraction of sp³-hybridized carbons (Fsp3) is 0.0714. The van der Waals surface area contributed by atoms with E-state index in [1.807, 2.05) is 36.4 Å². The van der Waals surface area contributed by atoms with E-state index in [4.69, 9.17) is 18.0 Å². The van der Waals surface area contributed by atoms with Gasteiger partial charge >= 0.3 is 0 Å². The summed E-state index contributed by atoms with van der Waals surface area (Å²) in [6.45, 7) is 0. The second kappa shape index (κ2) is 5.89. The summed E-state index contributed by atoms with van der Waals surface area (Å²) >= 11 is 6.65. The van der Waals surface area contributed by atoms with Crippen molar-refractivity contribution in [2.24, 2.45) is 5.73 Å². The van der Waals surface area contributed by atoms with Crippen molar-refractivity contribution < 1.29 is 0 Å². The summed E-state index contributed by atoms with van der Waals surface area (Å²) in [5.74, 6) is 0. The van der Waals surface area contributed by atoms with Crippen molar-refractivity contribution in [3.05, 3.63) is 54.1 Å². The number of nitrogens with two attached hydrogens (primary N) is 1. The zero-order chi connectivity index (χ0) is 13.0. The largest absolute Gasteiger partial charge is 0.389 e. The normalized spacial score (nSPS) is 10.1. The summed E-state index contributed by atoms with van der Waals surface area (Å²) in [5.41, 5.74) is 8.54. The Morgan fingerprint density at radius 3 is 2.44 bits per heavy atom. The van der Waals surface area contributed by atoms with E-state index < -0.39 is 0 Å². The van der Waals surface area contributed by atoms with Gasteiger partial charge in [0.2, 0.25) is 0 Å². The lowest BCUT2D eigenvalue weighted by molar-refractivity contribution is 1.44.